The van der Waals surface area contributed by atoms with Gasteiger partial charge >= 0.3 is 6.03 Å². The quantitative estimate of drug-likeness (QED) is 0.358. The Morgan fingerprint density at radius 1 is 0.971 bits per heavy atom. The Morgan fingerprint density at radius 3 is 2.23 bits per heavy atom. The van der Waals surface area contributed by atoms with E-state index < -0.39 is 5.54 Å². The molecule has 0 atom stereocenters. The summed E-state index contributed by atoms with van der Waals surface area (Å²) in [6, 6.07) is 22.6. The minimum atomic E-state index is -0.436. The van der Waals surface area contributed by atoms with Crippen LogP contribution in [0.2, 0.25) is 0 Å². The Labute approximate surface area is 205 Å². The first kappa shape index (κ1) is 25.3. The van der Waals surface area contributed by atoms with E-state index in [-0.39, 0.29) is 11.9 Å². The summed E-state index contributed by atoms with van der Waals surface area (Å²) in [5, 5.41) is 14.6. The number of rotatable bonds is 8. The fourth-order valence-corrected chi connectivity index (χ4v) is 3.29. The van der Waals surface area contributed by atoms with Gasteiger partial charge in [-0.25, -0.2) is 4.79 Å². The average Bonchev–Trinajstić information content (AvgIpc) is 2.83. The van der Waals surface area contributed by atoms with Gasteiger partial charge in [0.1, 0.15) is 0 Å². The van der Waals surface area contributed by atoms with E-state index in [2.05, 4.69) is 16.7 Å². The summed E-state index contributed by atoms with van der Waals surface area (Å²) in [7, 11) is 0. The van der Waals surface area contributed by atoms with Crippen LogP contribution in [0.25, 0.3) is 0 Å². The van der Waals surface area contributed by atoms with Crippen LogP contribution in [0, 0.1) is 11.3 Å². The fourth-order valence-electron chi connectivity index (χ4n) is 3.29. The van der Waals surface area contributed by atoms with Crippen LogP contribution in [-0.4, -0.2) is 28.9 Å². The standard InChI is InChI=1S/C27H30N6O2/c1-27(2,30)15-16-33(26(35)31-22-13-9-19(17-28)10-14-22)18-20-7-11-21(12-8-20)25(34)32-24-6-4-3-5-23(24)29/h3-14H,15-16,18,29-30H2,1-2H3,(H,31,35)(H,32,34). The Balaban J connectivity index is 1.70. The molecule has 0 heterocycles. The number of nitrogen functional groups attached to an aromatic ring is 1. The Bertz CT molecular complexity index is 1210. The summed E-state index contributed by atoms with van der Waals surface area (Å²) in [5.41, 5.74) is 15.1. The molecule has 0 aliphatic rings. The van der Waals surface area contributed by atoms with E-state index in [0.717, 1.165) is 5.56 Å². The maximum Gasteiger partial charge on any atom is 0.322 e. The molecule has 0 spiro atoms. The highest BCUT2D eigenvalue weighted by Crippen LogP contribution is 2.19. The van der Waals surface area contributed by atoms with Crippen molar-refractivity contribution in [2.75, 3.05) is 22.9 Å². The van der Waals surface area contributed by atoms with Crippen LogP contribution in [0.1, 0.15) is 41.8 Å². The molecule has 3 aromatic rings. The molecule has 0 bridgehead atoms. The van der Waals surface area contributed by atoms with E-state index in [4.69, 9.17) is 16.7 Å². The molecule has 35 heavy (non-hydrogen) atoms. The van der Waals surface area contributed by atoms with E-state index in [9.17, 15) is 9.59 Å². The number of nitrogens with one attached hydrogen (secondary N) is 2. The van der Waals surface area contributed by atoms with Crippen LogP contribution < -0.4 is 22.1 Å². The third kappa shape index (κ3) is 7.59. The van der Waals surface area contributed by atoms with Gasteiger partial charge in [-0.3, -0.25) is 4.79 Å². The lowest BCUT2D eigenvalue weighted by Gasteiger charge is -2.27. The minimum absolute atomic E-state index is 0.269. The van der Waals surface area contributed by atoms with Gasteiger partial charge in [-0.15, -0.1) is 0 Å². The summed E-state index contributed by atoms with van der Waals surface area (Å²) in [6.07, 6.45) is 0.604. The first-order chi connectivity index (χ1) is 16.6. The molecule has 8 nitrogen and oxygen atoms in total. The average molecular weight is 471 g/mol. The van der Waals surface area contributed by atoms with Crippen molar-refractivity contribution in [2.45, 2.75) is 32.4 Å². The lowest BCUT2D eigenvalue weighted by atomic mass is 10.0. The van der Waals surface area contributed by atoms with Crippen molar-refractivity contribution in [2.24, 2.45) is 5.73 Å². The number of para-hydroxylation sites is 2. The van der Waals surface area contributed by atoms with Crippen molar-refractivity contribution >= 4 is 29.0 Å². The summed E-state index contributed by atoms with van der Waals surface area (Å²) >= 11 is 0. The number of carbonyl (C=O) groups excluding carboxylic acids is 2. The molecule has 3 amide bonds. The number of nitrogens with zero attached hydrogens (tertiary/aromatic N) is 2. The highest BCUT2D eigenvalue weighted by atomic mass is 16.2. The number of benzene rings is 3. The van der Waals surface area contributed by atoms with Gasteiger partial charge in [0.05, 0.1) is 23.0 Å². The zero-order chi connectivity index (χ0) is 25.4. The first-order valence-electron chi connectivity index (χ1n) is 11.2. The van der Waals surface area contributed by atoms with Crippen molar-refractivity contribution in [3.63, 3.8) is 0 Å². The second kappa shape index (κ2) is 11.2. The summed E-state index contributed by atoms with van der Waals surface area (Å²) in [6.45, 7) is 4.61. The second-order valence-electron chi connectivity index (χ2n) is 9.02. The lowest BCUT2D eigenvalue weighted by molar-refractivity contribution is 0.102. The van der Waals surface area contributed by atoms with Crippen LogP contribution in [0.3, 0.4) is 0 Å². The van der Waals surface area contributed by atoms with Crippen molar-refractivity contribution in [3.8, 4) is 6.07 Å². The van der Waals surface area contributed by atoms with E-state index in [1.165, 1.54) is 0 Å². The number of anilines is 3. The summed E-state index contributed by atoms with van der Waals surface area (Å²) < 4.78 is 0. The molecular weight excluding hydrogens is 440 g/mol. The number of nitriles is 1. The fraction of sp³-hybridized carbons (Fsp3) is 0.222. The lowest BCUT2D eigenvalue weighted by Crippen LogP contribution is -2.41. The molecule has 3 aromatic carbocycles. The van der Waals surface area contributed by atoms with Crippen LogP contribution in [-0.2, 0) is 6.54 Å². The van der Waals surface area contributed by atoms with Gasteiger partial charge in [-0.05, 0) is 74.4 Å². The number of hydrogen-bond acceptors (Lipinski definition) is 5. The number of amides is 3. The van der Waals surface area contributed by atoms with Gasteiger partial charge < -0.3 is 27.0 Å². The molecule has 0 fully saturated rings. The zero-order valence-electron chi connectivity index (χ0n) is 19.9. The predicted octanol–water partition coefficient (Wildman–Crippen LogP) is 4.55. The number of carbonyl (C=O) groups is 2. The molecule has 0 unspecified atom stereocenters. The van der Waals surface area contributed by atoms with Crippen molar-refractivity contribution < 1.29 is 9.59 Å². The molecule has 0 radical (unpaired) electrons. The van der Waals surface area contributed by atoms with E-state index in [1.54, 1.807) is 65.6 Å². The monoisotopic (exact) mass is 470 g/mol. The van der Waals surface area contributed by atoms with Gasteiger partial charge in [0.25, 0.3) is 5.91 Å². The predicted molar refractivity (Wildman–Crippen MR) is 139 cm³/mol. The first-order valence-corrected chi connectivity index (χ1v) is 11.2. The molecule has 180 valence electrons. The zero-order valence-corrected chi connectivity index (χ0v) is 19.9. The second-order valence-corrected chi connectivity index (χ2v) is 9.02. The van der Waals surface area contributed by atoms with Crippen molar-refractivity contribution in [1.29, 1.82) is 5.26 Å². The summed E-state index contributed by atoms with van der Waals surface area (Å²) in [4.78, 5) is 27.3. The maximum absolute atomic E-state index is 13.0. The molecule has 6 N–H and O–H groups in total. The molecular formula is C27H30N6O2. The van der Waals surface area contributed by atoms with Crippen LogP contribution in [0.4, 0.5) is 21.9 Å². The van der Waals surface area contributed by atoms with Gasteiger partial charge in [0, 0.05) is 29.9 Å². The third-order valence-electron chi connectivity index (χ3n) is 5.38. The van der Waals surface area contributed by atoms with Crippen LogP contribution in [0.15, 0.2) is 72.8 Å². The molecule has 0 aliphatic heterocycles. The number of urea groups is 1. The highest BCUT2D eigenvalue weighted by Gasteiger charge is 2.19. The Morgan fingerprint density at radius 2 is 1.63 bits per heavy atom. The van der Waals surface area contributed by atoms with Crippen molar-refractivity contribution in [1.82, 2.24) is 4.90 Å². The number of hydrogen-bond donors (Lipinski definition) is 4. The molecule has 0 saturated carbocycles. The van der Waals surface area contributed by atoms with E-state index in [0.29, 0.717) is 47.7 Å². The highest BCUT2D eigenvalue weighted by molar-refractivity contribution is 6.05. The van der Waals surface area contributed by atoms with Crippen LogP contribution >= 0.6 is 0 Å². The SMILES string of the molecule is CC(C)(N)CCN(Cc1ccc(C(=O)Nc2ccccc2N)cc1)C(=O)Nc1ccc(C#N)cc1. The van der Waals surface area contributed by atoms with Gasteiger partial charge in [0.2, 0.25) is 0 Å². The van der Waals surface area contributed by atoms with Gasteiger partial charge in [-0.1, -0.05) is 24.3 Å². The molecule has 0 aliphatic carbocycles. The largest absolute Gasteiger partial charge is 0.397 e. The maximum atomic E-state index is 13.0. The number of nitrogens with two attached hydrogens (primary N) is 2. The minimum Gasteiger partial charge on any atom is -0.397 e. The van der Waals surface area contributed by atoms with E-state index >= 15 is 0 Å². The Kier molecular flexibility index (Phi) is 8.08. The third-order valence-corrected chi connectivity index (χ3v) is 5.38. The smallest absolute Gasteiger partial charge is 0.322 e. The summed E-state index contributed by atoms with van der Waals surface area (Å²) in [5.74, 6) is -0.269. The molecule has 8 heteroatoms. The molecule has 0 aromatic heterocycles. The van der Waals surface area contributed by atoms with Crippen LogP contribution in [0.5, 0.6) is 0 Å². The van der Waals surface area contributed by atoms with Gasteiger partial charge in [-0.2, -0.15) is 5.26 Å². The topological polar surface area (TPSA) is 137 Å². The van der Waals surface area contributed by atoms with E-state index in [1.807, 2.05) is 26.0 Å². The normalized spacial score (nSPS) is 10.8. The van der Waals surface area contributed by atoms with Gasteiger partial charge in [0.15, 0.2) is 0 Å². The van der Waals surface area contributed by atoms with Crippen molar-refractivity contribution in [3.05, 3.63) is 89.5 Å². The Hall–Kier alpha value is -4.35. The molecule has 3 rings (SSSR count). The molecule has 0 saturated heterocycles.